The predicted molar refractivity (Wildman–Crippen MR) is 67.9 cm³/mol. The van der Waals surface area contributed by atoms with Crippen LogP contribution < -0.4 is 10.2 Å². The van der Waals surface area contributed by atoms with Crippen molar-refractivity contribution in [1.82, 2.24) is 10.3 Å². The van der Waals surface area contributed by atoms with E-state index in [1.807, 2.05) is 19.2 Å². The Hall–Kier alpha value is -1.60. The van der Waals surface area contributed by atoms with Crippen LogP contribution >= 0.6 is 0 Å². The highest BCUT2D eigenvalue weighted by atomic mass is 15.2. The van der Waals surface area contributed by atoms with Crippen LogP contribution in [-0.2, 0) is 0 Å². The van der Waals surface area contributed by atoms with E-state index in [-0.39, 0.29) is 5.54 Å². The van der Waals surface area contributed by atoms with Crippen LogP contribution in [0.25, 0.3) is 0 Å². The van der Waals surface area contributed by atoms with Gasteiger partial charge in [-0.3, -0.25) is 0 Å². The molecule has 1 fully saturated rings. The minimum absolute atomic E-state index is 0.220. The number of nitrogens with zero attached hydrogens (tertiary/aromatic N) is 3. The fourth-order valence-electron chi connectivity index (χ4n) is 2.20. The average Bonchev–Trinajstić information content (AvgIpc) is 2.40. The predicted octanol–water partition coefficient (Wildman–Crippen LogP) is 1.53. The second-order valence-corrected chi connectivity index (χ2v) is 4.78. The van der Waals surface area contributed by atoms with Gasteiger partial charge in [0.15, 0.2) is 0 Å². The summed E-state index contributed by atoms with van der Waals surface area (Å²) < 4.78 is 0. The van der Waals surface area contributed by atoms with Crippen LogP contribution in [-0.4, -0.2) is 30.7 Å². The van der Waals surface area contributed by atoms with Gasteiger partial charge in [0, 0.05) is 24.8 Å². The average molecular weight is 230 g/mol. The standard InChI is InChI=1S/C13H18N4/c1-13(15-2)5-8-17(9-6-13)12-11(10-14)4-3-7-16-12/h3-4,7,15H,5-6,8-9H2,1-2H3. The number of nitriles is 1. The van der Waals surface area contributed by atoms with Crippen molar-refractivity contribution >= 4 is 5.82 Å². The van der Waals surface area contributed by atoms with E-state index in [4.69, 9.17) is 5.26 Å². The fourth-order valence-corrected chi connectivity index (χ4v) is 2.20. The molecule has 0 unspecified atom stereocenters. The molecule has 0 bridgehead atoms. The first kappa shape index (κ1) is 11.9. The van der Waals surface area contributed by atoms with Crippen molar-refractivity contribution < 1.29 is 0 Å². The van der Waals surface area contributed by atoms with Crippen molar-refractivity contribution in [2.24, 2.45) is 0 Å². The van der Waals surface area contributed by atoms with Gasteiger partial charge in [-0.2, -0.15) is 5.26 Å². The molecule has 0 saturated carbocycles. The van der Waals surface area contributed by atoms with E-state index in [0.29, 0.717) is 5.56 Å². The summed E-state index contributed by atoms with van der Waals surface area (Å²) in [5.74, 6) is 0.827. The van der Waals surface area contributed by atoms with Gasteiger partial charge in [0.1, 0.15) is 11.9 Å². The summed E-state index contributed by atoms with van der Waals surface area (Å²) in [6.07, 6.45) is 3.90. The lowest BCUT2D eigenvalue weighted by Crippen LogP contribution is -2.50. The third-order valence-corrected chi connectivity index (χ3v) is 3.68. The number of piperidine rings is 1. The molecular weight excluding hydrogens is 212 g/mol. The van der Waals surface area contributed by atoms with E-state index >= 15 is 0 Å². The molecule has 4 heteroatoms. The Morgan fingerprint density at radius 2 is 2.18 bits per heavy atom. The van der Waals surface area contributed by atoms with Crippen LogP contribution in [0.2, 0.25) is 0 Å². The number of anilines is 1. The van der Waals surface area contributed by atoms with Gasteiger partial charge in [0.05, 0.1) is 5.56 Å². The summed E-state index contributed by atoms with van der Waals surface area (Å²) in [6, 6.07) is 5.84. The van der Waals surface area contributed by atoms with Crippen molar-refractivity contribution in [2.75, 3.05) is 25.0 Å². The summed E-state index contributed by atoms with van der Waals surface area (Å²) in [5, 5.41) is 12.4. The monoisotopic (exact) mass is 230 g/mol. The number of nitrogens with one attached hydrogen (secondary N) is 1. The second-order valence-electron chi connectivity index (χ2n) is 4.78. The molecule has 0 radical (unpaired) electrons. The third kappa shape index (κ3) is 2.40. The van der Waals surface area contributed by atoms with Gasteiger partial charge >= 0.3 is 0 Å². The zero-order chi connectivity index (χ0) is 12.3. The molecule has 1 aliphatic rings. The number of aromatic nitrogens is 1. The van der Waals surface area contributed by atoms with Crippen molar-refractivity contribution in [2.45, 2.75) is 25.3 Å². The van der Waals surface area contributed by atoms with Gasteiger partial charge < -0.3 is 10.2 Å². The molecule has 2 rings (SSSR count). The number of hydrogen-bond donors (Lipinski definition) is 1. The highest BCUT2D eigenvalue weighted by Crippen LogP contribution is 2.26. The molecular formula is C13H18N4. The maximum Gasteiger partial charge on any atom is 0.146 e. The number of pyridine rings is 1. The lowest BCUT2D eigenvalue weighted by molar-refractivity contribution is 0.304. The smallest absolute Gasteiger partial charge is 0.146 e. The molecule has 0 aromatic carbocycles. The Morgan fingerprint density at radius 3 is 2.76 bits per heavy atom. The summed E-state index contributed by atoms with van der Waals surface area (Å²) in [5.41, 5.74) is 0.888. The molecule has 0 amide bonds. The SMILES string of the molecule is CNC1(C)CCN(c2ncccc2C#N)CC1. The van der Waals surface area contributed by atoms with Crippen LogP contribution in [0.5, 0.6) is 0 Å². The fraction of sp³-hybridized carbons (Fsp3) is 0.538. The molecule has 17 heavy (non-hydrogen) atoms. The summed E-state index contributed by atoms with van der Waals surface area (Å²) in [6.45, 7) is 4.14. The molecule has 1 saturated heterocycles. The molecule has 90 valence electrons. The molecule has 1 aliphatic heterocycles. The minimum Gasteiger partial charge on any atom is -0.355 e. The molecule has 2 heterocycles. The first-order valence-electron chi connectivity index (χ1n) is 5.97. The zero-order valence-corrected chi connectivity index (χ0v) is 10.4. The van der Waals surface area contributed by atoms with Crippen LogP contribution in [0.1, 0.15) is 25.3 Å². The summed E-state index contributed by atoms with van der Waals surface area (Å²) in [4.78, 5) is 6.54. The van der Waals surface area contributed by atoms with Gasteiger partial charge in [0.2, 0.25) is 0 Å². The van der Waals surface area contributed by atoms with Crippen molar-refractivity contribution in [3.63, 3.8) is 0 Å². The topological polar surface area (TPSA) is 52.0 Å². The van der Waals surface area contributed by atoms with Gasteiger partial charge in [-0.1, -0.05) is 0 Å². The number of hydrogen-bond acceptors (Lipinski definition) is 4. The second kappa shape index (κ2) is 4.72. The van der Waals surface area contributed by atoms with E-state index in [2.05, 4.69) is 28.2 Å². The Kier molecular flexibility index (Phi) is 3.30. The number of rotatable bonds is 2. The van der Waals surface area contributed by atoms with E-state index in [1.54, 1.807) is 6.20 Å². The lowest BCUT2D eigenvalue weighted by Gasteiger charge is -2.40. The summed E-state index contributed by atoms with van der Waals surface area (Å²) in [7, 11) is 2.01. The lowest BCUT2D eigenvalue weighted by atomic mass is 9.90. The Bertz CT molecular complexity index is 427. The van der Waals surface area contributed by atoms with Crippen LogP contribution in [0.4, 0.5) is 5.82 Å². The van der Waals surface area contributed by atoms with E-state index in [0.717, 1.165) is 31.7 Å². The quantitative estimate of drug-likeness (QED) is 0.837. The molecule has 0 aliphatic carbocycles. The molecule has 0 spiro atoms. The molecule has 1 aromatic rings. The largest absolute Gasteiger partial charge is 0.355 e. The maximum absolute atomic E-state index is 9.07. The highest BCUT2D eigenvalue weighted by Gasteiger charge is 2.29. The van der Waals surface area contributed by atoms with Crippen molar-refractivity contribution in [1.29, 1.82) is 5.26 Å². The molecule has 0 atom stereocenters. The summed E-state index contributed by atoms with van der Waals surface area (Å²) >= 11 is 0. The van der Waals surface area contributed by atoms with Crippen LogP contribution in [0, 0.1) is 11.3 Å². The van der Waals surface area contributed by atoms with Crippen LogP contribution in [0.3, 0.4) is 0 Å². The minimum atomic E-state index is 0.220. The highest BCUT2D eigenvalue weighted by molar-refractivity contribution is 5.53. The Balaban J connectivity index is 2.14. The third-order valence-electron chi connectivity index (χ3n) is 3.68. The Morgan fingerprint density at radius 1 is 1.47 bits per heavy atom. The van der Waals surface area contributed by atoms with Crippen molar-refractivity contribution in [3.8, 4) is 6.07 Å². The maximum atomic E-state index is 9.07. The van der Waals surface area contributed by atoms with Gasteiger partial charge in [-0.15, -0.1) is 0 Å². The van der Waals surface area contributed by atoms with Crippen molar-refractivity contribution in [3.05, 3.63) is 23.9 Å². The van der Waals surface area contributed by atoms with Crippen LogP contribution in [0.15, 0.2) is 18.3 Å². The molecule has 4 nitrogen and oxygen atoms in total. The zero-order valence-electron chi connectivity index (χ0n) is 10.4. The van der Waals surface area contributed by atoms with E-state index < -0.39 is 0 Å². The normalized spacial score (nSPS) is 18.8. The van der Waals surface area contributed by atoms with E-state index in [9.17, 15) is 0 Å². The van der Waals surface area contributed by atoms with Gasteiger partial charge in [-0.25, -0.2) is 4.98 Å². The molecule has 1 N–H and O–H groups in total. The van der Waals surface area contributed by atoms with Gasteiger partial charge in [0.25, 0.3) is 0 Å². The molecule has 1 aromatic heterocycles. The first-order chi connectivity index (χ1) is 8.18. The van der Waals surface area contributed by atoms with E-state index in [1.165, 1.54) is 0 Å². The first-order valence-corrected chi connectivity index (χ1v) is 5.97. The Labute approximate surface area is 102 Å². The van der Waals surface area contributed by atoms with Gasteiger partial charge in [-0.05, 0) is 38.9 Å².